The number of carbonyl (C=O) groups is 1. The highest BCUT2D eigenvalue weighted by molar-refractivity contribution is 7.89. The lowest BCUT2D eigenvalue weighted by atomic mass is 9.91. The summed E-state index contributed by atoms with van der Waals surface area (Å²) in [5.41, 5.74) is 1.40. The molecule has 0 saturated carbocycles. The summed E-state index contributed by atoms with van der Waals surface area (Å²) in [5, 5.41) is 13.4. The summed E-state index contributed by atoms with van der Waals surface area (Å²) in [7, 11) is -2.17. The van der Waals surface area contributed by atoms with E-state index in [1.165, 1.54) is 15.1 Å². The molecule has 26 heavy (non-hydrogen) atoms. The summed E-state index contributed by atoms with van der Waals surface area (Å²) in [5.74, 6) is -1.06. The number of aromatic carboxylic acids is 1. The molecule has 3 rings (SSSR count). The van der Waals surface area contributed by atoms with Crippen molar-refractivity contribution in [2.75, 3.05) is 13.1 Å². The predicted octanol–water partition coefficient (Wildman–Crippen LogP) is 2.65. The van der Waals surface area contributed by atoms with E-state index in [0.717, 1.165) is 12.0 Å². The Bertz CT molecular complexity index is 955. The Balaban J connectivity index is 1.91. The lowest BCUT2D eigenvalue weighted by molar-refractivity contribution is 0.0696. The van der Waals surface area contributed by atoms with E-state index < -0.39 is 16.0 Å². The summed E-state index contributed by atoms with van der Waals surface area (Å²) in [6.45, 7) is 2.31. The molecule has 1 saturated heterocycles. The molecule has 1 aliphatic heterocycles. The van der Waals surface area contributed by atoms with E-state index in [1.807, 2.05) is 6.07 Å². The van der Waals surface area contributed by atoms with Crippen LogP contribution in [0.15, 0.2) is 29.2 Å². The minimum Gasteiger partial charge on any atom is -0.478 e. The summed E-state index contributed by atoms with van der Waals surface area (Å²) in [6, 6.07) is 6.68. The molecular weight excluding hydrogens is 378 g/mol. The van der Waals surface area contributed by atoms with Crippen molar-refractivity contribution in [3.63, 3.8) is 0 Å². The molecule has 0 radical (unpaired) electrons. The number of hydrogen-bond acceptors (Lipinski definition) is 4. The maximum Gasteiger partial charge on any atom is 0.335 e. The first-order valence-corrected chi connectivity index (χ1v) is 10.1. The number of piperidine rings is 1. The normalized spacial score (nSPS) is 18.8. The van der Waals surface area contributed by atoms with Crippen LogP contribution in [0.2, 0.25) is 5.15 Å². The van der Waals surface area contributed by atoms with E-state index in [1.54, 1.807) is 26.1 Å². The number of carboxylic acid groups (broad SMARTS) is 1. The smallest absolute Gasteiger partial charge is 0.335 e. The van der Waals surface area contributed by atoms with Crippen LogP contribution >= 0.6 is 11.6 Å². The second-order valence-electron chi connectivity index (χ2n) is 6.46. The van der Waals surface area contributed by atoms with Gasteiger partial charge in [0.25, 0.3) is 0 Å². The molecular formula is C17H20ClN3O4S. The van der Waals surface area contributed by atoms with Crippen molar-refractivity contribution in [2.45, 2.75) is 30.6 Å². The zero-order valence-electron chi connectivity index (χ0n) is 14.5. The highest BCUT2D eigenvalue weighted by atomic mass is 35.5. The second kappa shape index (κ2) is 7.02. The fourth-order valence-electron chi connectivity index (χ4n) is 3.39. The second-order valence-corrected chi connectivity index (χ2v) is 8.69. The van der Waals surface area contributed by atoms with Gasteiger partial charge in [-0.15, -0.1) is 0 Å². The van der Waals surface area contributed by atoms with E-state index in [2.05, 4.69) is 5.10 Å². The average Bonchev–Trinajstić information content (AvgIpc) is 2.87. The molecule has 1 aromatic heterocycles. The predicted molar refractivity (Wildman–Crippen MR) is 97.1 cm³/mol. The lowest BCUT2D eigenvalue weighted by Gasteiger charge is -2.32. The van der Waals surface area contributed by atoms with Crippen LogP contribution in [-0.4, -0.2) is 46.7 Å². The lowest BCUT2D eigenvalue weighted by Crippen LogP contribution is -2.39. The van der Waals surface area contributed by atoms with Crippen LogP contribution in [0, 0.1) is 6.92 Å². The molecule has 1 atom stereocenters. The Kier molecular flexibility index (Phi) is 5.09. The Morgan fingerprint density at radius 1 is 1.38 bits per heavy atom. The van der Waals surface area contributed by atoms with Crippen LogP contribution < -0.4 is 0 Å². The van der Waals surface area contributed by atoms with Crippen molar-refractivity contribution in [1.29, 1.82) is 0 Å². The van der Waals surface area contributed by atoms with Gasteiger partial charge < -0.3 is 5.11 Å². The highest BCUT2D eigenvalue weighted by Crippen LogP contribution is 2.33. The van der Waals surface area contributed by atoms with E-state index in [-0.39, 0.29) is 28.1 Å². The number of rotatable bonds is 4. The van der Waals surface area contributed by atoms with Crippen molar-refractivity contribution < 1.29 is 18.3 Å². The fraction of sp³-hybridized carbons (Fsp3) is 0.412. The van der Waals surface area contributed by atoms with Gasteiger partial charge >= 0.3 is 5.97 Å². The van der Waals surface area contributed by atoms with Crippen LogP contribution in [0.3, 0.4) is 0 Å². The molecule has 1 aliphatic rings. The Labute approximate surface area is 157 Å². The summed E-state index contributed by atoms with van der Waals surface area (Å²) < 4.78 is 28.9. The average molecular weight is 398 g/mol. The molecule has 0 aliphatic carbocycles. The van der Waals surface area contributed by atoms with Gasteiger partial charge in [-0.05, 0) is 43.4 Å². The van der Waals surface area contributed by atoms with Gasteiger partial charge in [-0.2, -0.15) is 9.40 Å². The molecule has 0 amide bonds. The van der Waals surface area contributed by atoms with Gasteiger partial charge in [0.1, 0.15) is 10.0 Å². The molecule has 9 heteroatoms. The summed E-state index contributed by atoms with van der Waals surface area (Å²) in [4.78, 5) is 11.2. The largest absolute Gasteiger partial charge is 0.478 e. The Hall–Kier alpha value is -1.90. The van der Waals surface area contributed by atoms with Crippen molar-refractivity contribution in [3.8, 4) is 0 Å². The molecule has 2 heterocycles. The van der Waals surface area contributed by atoms with E-state index >= 15 is 0 Å². The van der Waals surface area contributed by atoms with Crippen molar-refractivity contribution in [3.05, 3.63) is 46.2 Å². The number of halogens is 1. The minimum absolute atomic E-state index is 0.0432. The van der Waals surface area contributed by atoms with Crippen LogP contribution in [0.1, 0.15) is 40.4 Å². The molecule has 1 N–H and O–H groups in total. The van der Waals surface area contributed by atoms with Gasteiger partial charge in [-0.3, -0.25) is 4.68 Å². The first-order valence-electron chi connectivity index (χ1n) is 8.24. The third kappa shape index (κ3) is 3.36. The monoisotopic (exact) mass is 397 g/mol. The third-order valence-corrected chi connectivity index (χ3v) is 7.25. The number of sulfonamides is 1. The van der Waals surface area contributed by atoms with Gasteiger partial charge in [-0.1, -0.05) is 23.7 Å². The molecule has 140 valence electrons. The Morgan fingerprint density at radius 2 is 2.12 bits per heavy atom. The van der Waals surface area contributed by atoms with Crippen LogP contribution in [0.4, 0.5) is 0 Å². The van der Waals surface area contributed by atoms with Crippen LogP contribution in [0.5, 0.6) is 0 Å². The van der Waals surface area contributed by atoms with Gasteiger partial charge in [-0.25, -0.2) is 13.2 Å². The van der Waals surface area contributed by atoms with Gasteiger partial charge in [0.05, 0.1) is 11.3 Å². The number of aromatic nitrogens is 2. The molecule has 0 bridgehead atoms. The van der Waals surface area contributed by atoms with Crippen molar-refractivity contribution in [2.24, 2.45) is 7.05 Å². The maximum atomic E-state index is 13.1. The number of benzene rings is 1. The van der Waals surface area contributed by atoms with Crippen LogP contribution in [0.25, 0.3) is 0 Å². The molecule has 1 aromatic carbocycles. The molecule has 2 aromatic rings. The SMILES string of the molecule is Cc1nn(C)c(Cl)c1S(=O)(=O)N1CCC[C@@H](c2cccc(C(=O)O)c2)C1. The number of nitrogens with zero attached hydrogens (tertiary/aromatic N) is 3. The number of carboxylic acids is 1. The van der Waals surface area contributed by atoms with E-state index in [0.29, 0.717) is 18.7 Å². The first-order chi connectivity index (χ1) is 12.2. The van der Waals surface area contributed by atoms with Gasteiger partial charge in [0.2, 0.25) is 10.0 Å². The standard InChI is InChI=1S/C17H20ClN3O4S/c1-11-15(16(18)20(2)19-11)26(24,25)21-8-4-7-14(10-21)12-5-3-6-13(9-12)17(22)23/h3,5-6,9,14H,4,7-8,10H2,1-2H3,(H,22,23)/t14-/m1/s1. The molecule has 0 spiro atoms. The summed E-state index contributed by atoms with van der Waals surface area (Å²) in [6.07, 6.45) is 1.49. The first kappa shape index (κ1) is 18.9. The number of hydrogen-bond donors (Lipinski definition) is 1. The minimum atomic E-state index is -3.77. The third-order valence-electron chi connectivity index (χ3n) is 4.69. The highest BCUT2D eigenvalue weighted by Gasteiger charge is 2.35. The van der Waals surface area contributed by atoms with Crippen LogP contribution in [-0.2, 0) is 17.1 Å². The van der Waals surface area contributed by atoms with Crippen molar-refractivity contribution in [1.82, 2.24) is 14.1 Å². The quantitative estimate of drug-likeness (QED) is 0.856. The van der Waals surface area contributed by atoms with E-state index in [4.69, 9.17) is 11.6 Å². The topological polar surface area (TPSA) is 92.5 Å². The van der Waals surface area contributed by atoms with E-state index in [9.17, 15) is 18.3 Å². The zero-order chi connectivity index (χ0) is 19.1. The summed E-state index contributed by atoms with van der Waals surface area (Å²) >= 11 is 6.16. The van der Waals surface area contributed by atoms with Gasteiger partial charge in [0, 0.05) is 20.1 Å². The van der Waals surface area contributed by atoms with Gasteiger partial charge in [0.15, 0.2) is 0 Å². The Morgan fingerprint density at radius 3 is 2.73 bits per heavy atom. The van der Waals surface area contributed by atoms with Crippen molar-refractivity contribution >= 4 is 27.6 Å². The molecule has 7 nitrogen and oxygen atoms in total. The maximum absolute atomic E-state index is 13.1. The number of aryl methyl sites for hydroxylation is 2. The fourth-order valence-corrected chi connectivity index (χ4v) is 5.62. The zero-order valence-corrected chi connectivity index (χ0v) is 16.1. The molecule has 0 unspecified atom stereocenters. The molecule has 1 fully saturated rings.